The van der Waals surface area contributed by atoms with E-state index in [1.54, 1.807) is 38.3 Å². The molecule has 6 heteroatoms. The van der Waals surface area contributed by atoms with Crippen molar-refractivity contribution >= 4 is 28.5 Å². The first kappa shape index (κ1) is 18.5. The fraction of sp³-hybridized carbons (Fsp3) is 0.238. The van der Waals surface area contributed by atoms with E-state index in [0.29, 0.717) is 30.8 Å². The van der Waals surface area contributed by atoms with E-state index in [4.69, 9.17) is 9.47 Å². The molecule has 0 spiro atoms. The van der Waals surface area contributed by atoms with Crippen molar-refractivity contribution in [3.63, 3.8) is 0 Å². The van der Waals surface area contributed by atoms with Crippen LogP contribution >= 0.6 is 0 Å². The number of carbonyl (C=O) groups is 2. The van der Waals surface area contributed by atoms with E-state index in [-0.39, 0.29) is 11.9 Å². The fourth-order valence-electron chi connectivity index (χ4n) is 2.85. The topological polar surface area (TPSA) is 69.6 Å². The van der Waals surface area contributed by atoms with Crippen molar-refractivity contribution < 1.29 is 19.1 Å². The third-order valence-corrected chi connectivity index (χ3v) is 4.24. The van der Waals surface area contributed by atoms with Crippen LogP contribution in [0.1, 0.15) is 23.7 Å². The highest BCUT2D eigenvalue weighted by molar-refractivity contribution is 5.93. The Morgan fingerprint density at radius 1 is 1.07 bits per heavy atom. The number of nitrogens with zero attached hydrogens (tertiary/aromatic N) is 1. The third-order valence-electron chi connectivity index (χ3n) is 4.24. The predicted octanol–water partition coefficient (Wildman–Crippen LogP) is 3.86. The number of carbonyl (C=O) groups excluding carboxylic acids is 2. The second-order valence-corrected chi connectivity index (χ2v) is 6.03. The molecular formula is C21H22N2O4. The number of hydrogen-bond acceptors (Lipinski definition) is 4. The zero-order valence-electron chi connectivity index (χ0n) is 15.4. The van der Waals surface area contributed by atoms with Crippen LogP contribution in [0.5, 0.6) is 5.75 Å². The van der Waals surface area contributed by atoms with Gasteiger partial charge in [0, 0.05) is 35.8 Å². The lowest BCUT2D eigenvalue weighted by Gasteiger charge is -2.08. The highest BCUT2D eigenvalue weighted by Gasteiger charge is 2.08. The molecule has 0 saturated heterocycles. The molecule has 1 aromatic heterocycles. The number of methoxy groups -OCH3 is 1. The lowest BCUT2D eigenvalue weighted by molar-refractivity contribution is -0.116. The number of aryl methyl sites for hydroxylation is 1. The summed E-state index contributed by atoms with van der Waals surface area (Å²) in [7, 11) is 1.64. The molecule has 3 rings (SSSR count). The minimum Gasteiger partial charge on any atom is -0.497 e. The molecule has 0 unspecified atom stereocenters. The van der Waals surface area contributed by atoms with E-state index in [1.165, 1.54) is 0 Å². The maximum Gasteiger partial charge on any atom is 0.338 e. The fourth-order valence-corrected chi connectivity index (χ4v) is 2.85. The quantitative estimate of drug-likeness (QED) is 0.645. The van der Waals surface area contributed by atoms with E-state index < -0.39 is 0 Å². The Morgan fingerprint density at radius 3 is 2.56 bits per heavy atom. The van der Waals surface area contributed by atoms with Gasteiger partial charge in [-0.1, -0.05) is 0 Å². The maximum absolute atomic E-state index is 12.2. The monoisotopic (exact) mass is 366 g/mol. The number of aromatic nitrogens is 1. The van der Waals surface area contributed by atoms with Gasteiger partial charge < -0.3 is 19.4 Å². The van der Waals surface area contributed by atoms with Crippen molar-refractivity contribution in [1.82, 2.24) is 4.57 Å². The number of benzene rings is 2. The molecule has 0 aliphatic carbocycles. The summed E-state index contributed by atoms with van der Waals surface area (Å²) in [6.07, 6.45) is 2.31. The normalized spacial score (nSPS) is 10.6. The van der Waals surface area contributed by atoms with Gasteiger partial charge in [0.05, 0.1) is 19.3 Å². The molecule has 6 nitrogen and oxygen atoms in total. The first-order valence-corrected chi connectivity index (χ1v) is 8.80. The van der Waals surface area contributed by atoms with Crippen molar-refractivity contribution in [3.8, 4) is 5.75 Å². The Bertz CT molecular complexity index is 944. The van der Waals surface area contributed by atoms with Gasteiger partial charge in [-0.05, 0) is 55.5 Å². The molecule has 0 fully saturated rings. The van der Waals surface area contributed by atoms with Gasteiger partial charge in [0.25, 0.3) is 0 Å². The summed E-state index contributed by atoms with van der Waals surface area (Å²) in [4.78, 5) is 23.9. The molecule has 0 saturated carbocycles. The average molecular weight is 366 g/mol. The van der Waals surface area contributed by atoms with Gasteiger partial charge in [-0.2, -0.15) is 0 Å². The standard InChI is InChI=1S/C21H22N2O4/c1-3-27-21(25)15-4-6-17(7-5-15)22-20(24)11-13-23-12-10-16-14-18(26-2)8-9-19(16)23/h4-10,12,14H,3,11,13H2,1-2H3,(H,22,24). The van der Waals surface area contributed by atoms with Gasteiger partial charge in [0.2, 0.25) is 5.91 Å². The van der Waals surface area contributed by atoms with Crippen LogP contribution in [0.15, 0.2) is 54.7 Å². The Labute approximate surface area is 157 Å². The van der Waals surface area contributed by atoms with Crippen LogP contribution in [0.2, 0.25) is 0 Å². The first-order valence-electron chi connectivity index (χ1n) is 8.80. The van der Waals surface area contributed by atoms with Crippen molar-refractivity contribution in [3.05, 3.63) is 60.3 Å². The van der Waals surface area contributed by atoms with E-state index >= 15 is 0 Å². The molecule has 3 aromatic rings. The second-order valence-electron chi connectivity index (χ2n) is 6.03. The van der Waals surface area contributed by atoms with Gasteiger partial charge in [-0.25, -0.2) is 4.79 Å². The molecule has 140 valence electrons. The zero-order chi connectivity index (χ0) is 19.2. The van der Waals surface area contributed by atoms with E-state index in [9.17, 15) is 9.59 Å². The molecule has 1 N–H and O–H groups in total. The molecule has 0 bridgehead atoms. The molecule has 1 heterocycles. The zero-order valence-corrected chi connectivity index (χ0v) is 15.4. The first-order chi connectivity index (χ1) is 13.1. The molecule has 2 aromatic carbocycles. The molecule has 0 aliphatic heterocycles. The van der Waals surface area contributed by atoms with Crippen LogP contribution in [-0.4, -0.2) is 30.2 Å². The van der Waals surface area contributed by atoms with Gasteiger partial charge in [0.15, 0.2) is 0 Å². The highest BCUT2D eigenvalue weighted by atomic mass is 16.5. The third kappa shape index (κ3) is 4.47. The lowest BCUT2D eigenvalue weighted by Crippen LogP contribution is -2.14. The number of amides is 1. The Hall–Kier alpha value is -3.28. The van der Waals surface area contributed by atoms with Crippen LogP contribution in [0, 0.1) is 0 Å². The van der Waals surface area contributed by atoms with Crippen molar-refractivity contribution in [2.45, 2.75) is 19.9 Å². The van der Waals surface area contributed by atoms with Crippen LogP contribution in [0.25, 0.3) is 10.9 Å². The van der Waals surface area contributed by atoms with Crippen LogP contribution in [0.4, 0.5) is 5.69 Å². The number of hydrogen-bond donors (Lipinski definition) is 1. The minimum atomic E-state index is -0.369. The van der Waals surface area contributed by atoms with E-state index in [1.807, 2.05) is 35.0 Å². The number of nitrogens with one attached hydrogen (secondary N) is 1. The molecule has 0 atom stereocenters. The number of ether oxygens (including phenoxy) is 2. The van der Waals surface area contributed by atoms with Gasteiger partial charge in [-0.3, -0.25) is 4.79 Å². The van der Waals surface area contributed by atoms with Crippen molar-refractivity contribution in [1.29, 1.82) is 0 Å². The van der Waals surface area contributed by atoms with E-state index in [2.05, 4.69) is 5.32 Å². The number of rotatable bonds is 7. The molecule has 27 heavy (non-hydrogen) atoms. The highest BCUT2D eigenvalue weighted by Crippen LogP contribution is 2.22. The summed E-state index contributed by atoms with van der Waals surface area (Å²) in [5.41, 5.74) is 2.17. The van der Waals surface area contributed by atoms with Crippen molar-refractivity contribution in [2.75, 3.05) is 19.0 Å². The van der Waals surface area contributed by atoms with E-state index in [0.717, 1.165) is 16.7 Å². The largest absolute Gasteiger partial charge is 0.497 e. The number of anilines is 1. The number of esters is 1. The number of fused-ring (bicyclic) bond motifs is 1. The van der Waals surface area contributed by atoms with Crippen LogP contribution in [0.3, 0.4) is 0 Å². The predicted molar refractivity (Wildman–Crippen MR) is 104 cm³/mol. The molecule has 0 aliphatic rings. The smallest absolute Gasteiger partial charge is 0.338 e. The van der Waals surface area contributed by atoms with Gasteiger partial charge in [0.1, 0.15) is 5.75 Å². The van der Waals surface area contributed by atoms with Crippen LogP contribution in [-0.2, 0) is 16.1 Å². The summed E-state index contributed by atoms with van der Waals surface area (Å²) in [6, 6.07) is 14.5. The summed E-state index contributed by atoms with van der Waals surface area (Å²) in [5, 5.41) is 3.92. The summed E-state index contributed by atoms with van der Waals surface area (Å²) < 4.78 is 12.2. The van der Waals surface area contributed by atoms with Gasteiger partial charge >= 0.3 is 5.97 Å². The van der Waals surface area contributed by atoms with Gasteiger partial charge in [-0.15, -0.1) is 0 Å². The summed E-state index contributed by atoms with van der Waals surface area (Å²) in [6.45, 7) is 2.66. The lowest BCUT2D eigenvalue weighted by atomic mass is 10.2. The molecule has 1 amide bonds. The molecular weight excluding hydrogens is 344 g/mol. The summed E-state index contributed by atoms with van der Waals surface area (Å²) >= 11 is 0. The summed E-state index contributed by atoms with van der Waals surface area (Å²) in [5.74, 6) is 0.352. The van der Waals surface area contributed by atoms with Crippen molar-refractivity contribution in [2.24, 2.45) is 0 Å². The Kier molecular flexibility index (Phi) is 5.76. The molecule has 0 radical (unpaired) electrons. The maximum atomic E-state index is 12.2. The SMILES string of the molecule is CCOC(=O)c1ccc(NC(=O)CCn2ccc3cc(OC)ccc32)cc1. The Morgan fingerprint density at radius 2 is 1.85 bits per heavy atom. The average Bonchev–Trinajstić information content (AvgIpc) is 3.09. The second kappa shape index (κ2) is 8.40. The van der Waals surface area contributed by atoms with Crippen LogP contribution < -0.4 is 10.1 Å². The Balaban J connectivity index is 1.57. The minimum absolute atomic E-state index is 0.0887.